The van der Waals surface area contributed by atoms with Crippen molar-refractivity contribution in [3.8, 4) is 0 Å². The van der Waals surface area contributed by atoms with Crippen LogP contribution in [-0.4, -0.2) is 43.5 Å². The highest BCUT2D eigenvalue weighted by molar-refractivity contribution is 7.89. The summed E-state index contributed by atoms with van der Waals surface area (Å²) in [4.78, 5) is 37.1. The number of carbonyl (C=O) groups excluding carboxylic acids is 3. The monoisotopic (exact) mass is 504 g/mol. The number of hydrogen-bond acceptors (Lipinski definition) is 7. The van der Waals surface area contributed by atoms with Gasteiger partial charge in [-0.1, -0.05) is 18.2 Å². The summed E-state index contributed by atoms with van der Waals surface area (Å²) in [6, 6.07) is 12.5. The second-order valence-corrected chi connectivity index (χ2v) is 11.6. The summed E-state index contributed by atoms with van der Waals surface area (Å²) >= 11 is 0. The van der Waals surface area contributed by atoms with Crippen molar-refractivity contribution in [2.24, 2.45) is 0 Å². The second-order valence-electron chi connectivity index (χ2n) is 9.84. The van der Waals surface area contributed by atoms with Gasteiger partial charge in [-0.2, -0.15) is 4.72 Å². The topological polar surface area (TPSA) is 128 Å². The molecule has 1 amide bonds. The van der Waals surface area contributed by atoms with Crippen LogP contribution < -0.4 is 10.0 Å². The standard InChI is InChI=1S/C25H32N2O7S/c1-24(2,3)33-21(28)16-20(23(30)34-25(4,5)6)27-35(31,32)19-14-12-18(13-15-19)26-22(29)17-10-8-7-9-11-17/h7-15,20,27H,16H2,1-6H3,(H,26,29). The minimum absolute atomic E-state index is 0.159. The van der Waals surface area contributed by atoms with Crippen LogP contribution >= 0.6 is 0 Å². The molecule has 9 nitrogen and oxygen atoms in total. The minimum atomic E-state index is -4.22. The molecule has 0 saturated heterocycles. The summed E-state index contributed by atoms with van der Waals surface area (Å²) in [5, 5.41) is 2.68. The van der Waals surface area contributed by atoms with Crippen molar-refractivity contribution in [1.29, 1.82) is 0 Å². The number of nitrogens with one attached hydrogen (secondary N) is 2. The maximum Gasteiger partial charge on any atom is 0.325 e. The molecular formula is C25H32N2O7S. The number of benzene rings is 2. The lowest BCUT2D eigenvalue weighted by Crippen LogP contribution is -2.46. The van der Waals surface area contributed by atoms with Crippen LogP contribution in [0, 0.1) is 0 Å². The van der Waals surface area contributed by atoms with E-state index in [-0.39, 0.29) is 10.8 Å². The van der Waals surface area contributed by atoms with Crippen molar-refractivity contribution in [3.05, 3.63) is 60.2 Å². The first kappa shape index (κ1) is 28.0. The molecule has 0 spiro atoms. The summed E-state index contributed by atoms with van der Waals surface area (Å²) < 4.78 is 38.7. The van der Waals surface area contributed by atoms with Gasteiger partial charge in [0.25, 0.3) is 5.91 Å². The van der Waals surface area contributed by atoms with Crippen LogP contribution in [0.4, 0.5) is 5.69 Å². The zero-order valence-electron chi connectivity index (χ0n) is 20.7. The highest BCUT2D eigenvalue weighted by atomic mass is 32.2. The van der Waals surface area contributed by atoms with Crippen molar-refractivity contribution >= 4 is 33.6 Å². The number of sulfonamides is 1. The SMILES string of the molecule is CC(C)(C)OC(=O)CC(NS(=O)(=O)c1ccc(NC(=O)c2ccccc2)cc1)C(=O)OC(C)(C)C. The van der Waals surface area contributed by atoms with E-state index in [4.69, 9.17) is 9.47 Å². The molecule has 35 heavy (non-hydrogen) atoms. The van der Waals surface area contributed by atoms with E-state index in [2.05, 4.69) is 10.0 Å². The lowest BCUT2D eigenvalue weighted by molar-refractivity contribution is -0.164. The Morgan fingerprint density at radius 2 is 1.37 bits per heavy atom. The van der Waals surface area contributed by atoms with E-state index >= 15 is 0 Å². The Labute approximate surface area is 206 Å². The van der Waals surface area contributed by atoms with Gasteiger partial charge in [0.1, 0.15) is 17.2 Å². The number of amides is 1. The van der Waals surface area contributed by atoms with Gasteiger partial charge in [-0.15, -0.1) is 0 Å². The zero-order chi connectivity index (χ0) is 26.4. The molecule has 2 aromatic rings. The molecular weight excluding hydrogens is 472 g/mol. The summed E-state index contributed by atoms with van der Waals surface area (Å²) in [5.41, 5.74) is -0.870. The van der Waals surface area contributed by atoms with Gasteiger partial charge in [0.15, 0.2) is 0 Å². The third kappa shape index (κ3) is 9.50. The Hall–Kier alpha value is -3.24. The van der Waals surface area contributed by atoms with Gasteiger partial charge in [-0.05, 0) is 77.9 Å². The van der Waals surface area contributed by atoms with E-state index in [1.54, 1.807) is 71.9 Å². The average Bonchev–Trinajstić information content (AvgIpc) is 2.71. The van der Waals surface area contributed by atoms with Crippen LogP contribution in [0.2, 0.25) is 0 Å². The summed E-state index contributed by atoms with van der Waals surface area (Å²) in [5.74, 6) is -2.00. The number of rotatable bonds is 8. The van der Waals surface area contributed by atoms with Gasteiger partial charge >= 0.3 is 11.9 Å². The predicted molar refractivity (Wildman–Crippen MR) is 131 cm³/mol. The third-order valence-corrected chi connectivity index (χ3v) is 5.73. The van der Waals surface area contributed by atoms with E-state index in [9.17, 15) is 22.8 Å². The van der Waals surface area contributed by atoms with Crippen LogP contribution in [0.15, 0.2) is 59.5 Å². The lowest BCUT2D eigenvalue weighted by Gasteiger charge is -2.25. The van der Waals surface area contributed by atoms with E-state index in [0.29, 0.717) is 11.3 Å². The maximum atomic E-state index is 13.0. The van der Waals surface area contributed by atoms with Crippen molar-refractivity contribution < 1.29 is 32.3 Å². The molecule has 1 unspecified atom stereocenters. The van der Waals surface area contributed by atoms with Crippen LogP contribution in [0.5, 0.6) is 0 Å². The summed E-state index contributed by atoms with van der Waals surface area (Å²) in [6.07, 6.45) is -0.545. The van der Waals surface area contributed by atoms with Crippen LogP contribution in [0.1, 0.15) is 58.3 Å². The fraction of sp³-hybridized carbons (Fsp3) is 0.400. The zero-order valence-corrected chi connectivity index (χ0v) is 21.6. The fourth-order valence-corrected chi connectivity index (χ4v) is 4.05. The Morgan fingerprint density at radius 1 is 0.829 bits per heavy atom. The molecule has 0 aliphatic rings. The first-order valence-corrected chi connectivity index (χ1v) is 12.5. The summed E-state index contributed by atoms with van der Waals surface area (Å²) in [6.45, 7) is 9.88. The molecule has 0 fully saturated rings. The van der Waals surface area contributed by atoms with E-state index in [1.165, 1.54) is 24.3 Å². The van der Waals surface area contributed by atoms with Crippen LogP contribution in [-0.2, 0) is 29.1 Å². The highest BCUT2D eigenvalue weighted by Crippen LogP contribution is 2.18. The minimum Gasteiger partial charge on any atom is -0.460 e. The quantitative estimate of drug-likeness (QED) is 0.525. The Morgan fingerprint density at radius 3 is 1.89 bits per heavy atom. The number of esters is 2. The Kier molecular flexibility index (Phi) is 8.80. The molecule has 0 aliphatic heterocycles. The maximum absolute atomic E-state index is 13.0. The molecule has 190 valence electrons. The molecule has 0 aliphatic carbocycles. The van der Waals surface area contributed by atoms with E-state index in [0.717, 1.165) is 0 Å². The van der Waals surface area contributed by atoms with Gasteiger partial charge in [0.05, 0.1) is 11.3 Å². The van der Waals surface area contributed by atoms with Gasteiger partial charge in [0.2, 0.25) is 10.0 Å². The van der Waals surface area contributed by atoms with Crippen molar-refractivity contribution in [3.63, 3.8) is 0 Å². The largest absolute Gasteiger partial charge is 0.460 e. The Balaban J connectivity index is 2.19. The van der Waals surface area contributed by atoms with Crippen LogP contribution in [0.3, 0.4) is 0 Å². The second kappa shape index (κ2) is 11.0. The molecule has 0 bridgehead atoms. The molecule has 0 aromatic heterocycles. The predicted octanol–water partition coefficient (Wildman–Crippen LogP) is 3.66. The molecule has 2 aromatic carbocycles. The van der Waals surface area contributed by atoms with E-state index in [1.807, 2.05) is 0 Å². The molecule has 2 N–H and O–H groups in total. The highest BCUT2D eigenvalue weighted by Gasteiger charge is 2.33. The number of ether oxygens (including phenoxy) is 2. The van der Waals surface area contributed by atoms with Crippen molar-refractivity contribution in [2.45, 2.75) is 70.1 Å². The van der Waals surface area contributed by atoms with Gasteiger partial charge in [-0.3, -0.25) is 14.4 Å². The first-order valence-electron chi connectivity index (χ1n) is 11.0. The molecule has 10 heteroatoms. The molecule has 0 heterocycles. The molecule has 2 rings (SSSR count). The normalized spacial score (nSPS) is 13.0. The molecule has 1 atom stereocenters. The third-order valence-electron chi connectivity index (χ3n) is 4.24. The van der Waals surface area contributed by atoms with E-state index < -0.39 is 45.6 Å². The number of hydrogen-bond donors (Lipinski definition) is 2. The lowest BCUT2D eigenvalue weighted by atomic mass is 10.1. The van der Waals surface area contributed by atoms with Gasteiger partial charge < -0.3 is 14.8 Å². The molecule has 0 saturated carbocycles. The summed E-state index contributed by atoms with van der Waals surface area (Å²) in [7, 11) is -4.22. The Bertz CT molecular complexity index is 1150. The van der Waals surface area contributed by atoms with Crippen molar-refractivity contribution in [1.82, 2.24) is 4.72 Å². The fourth-order valence-electron chi connectivity index (χ4n) is 2.86. The number of carbonyl (C=O) groups is 3. The average molecular weight is 505 g/mol. The van der Waals surface area contributed by atoms with Gasteiger partial charge in [0, 0.05) is 11.3 Å². The first-order chi connectivity index (χ1) is 16.1. The molecule has 0 radical (unpaired) electrons. The van der Waals surface area contributed by atoms with Crippen LogP contribution in [0.25, 0.3) is 0 Å². The number of anilines is 1. The van der Waals surface area contributed by atoms with Crippen molar-refractivity contribution in [2.75, 3.05) is 5.32 Å². The van der Waals surface area contributed by atoms with Gasteiger partial charge in [-0.25, -0.2) is 8.42 Å². The smallest absolute Gasteiger partial charge is 0.325 e.